The highest BCUT2D eigenvalue weighted by atomic mass is 16.3. The number of unbranched alkanes of at least 4 members (excludes halogenated alkanes) is 1. The predicted octanol–water partition coefficient (Wildman–Crippen LogP) is 5.73. The van der Waals surface area contributed by atoms with E-state index in [1.165, 1.54) is 0 Å². The van der Waals surface area contributed by atoms with Crippen molar-refractivity contribution in [3.63, 3.8) is 0 Å². The summed E-state index contributed by atoms with van der Waals surface area (Å²) in [5.74, 6) is -0.468. The van der Waals surface area contributed by atoms with Crippen LogP contribution in [0.15, 0.2) is 72.8 Å². The molecule has 1 amide bonds. The molecule has 3 nitrogen and oxygen atoms in total. The lowest BCUT2D eigenvalue weighted by molar-refractivity contribution is -0.126. The predicted molar refractivity (Wildman–Crippen MR) is 116 cm³/mol. The Bertz CT molecular complexity index is 907. The van der Waals surface area contributed by atoms with E-state index in [4.69, 9.17) is 0 Å². The largest absolute Gasteiger partial charge is 0.388 e. The minimum Gasteiger partial charge on any atom is -0.388 e. The number of anilines is 1. The van der Waals surface area contributed by atoms with Gasteiger partial charge in [-0.3, -0.25) is 4.79 Å². The molecular formula is C25H29NO2. The Morgan fingerprint density at radius 1 is 0.929 bits per heavy atom. The van der Waals surface area contributed by atoms with Gasteiger partial charge in [-0.25, -0.2) is 0 Å². The van der Waals surface area contributed by atoms with E-state index < -0.39 is 12.0 Å². The van der Waals surface area contributed by atoms with E-state index in [-0.39, 0.29) is 5.91 Å². The summed E-state index contributed by atoms with van der Waals surface area (Å²) < 4.78 is 0. The third-order valence-electron chi connectivity index (χ3n) is 5.33. The first-order valence-corrected chi connectivity index (χ1v) is 10.2. The second kappa shape index (κ2) is 9.52. The van der Waals surface area contributed by atoms with Crippen molar-refractivity contribution in [2.75, 3.05) is 11.4 Å². The van der Waals surface area contributed by atoms with Crippen LogP contribution in [0.25, 0.3) is 10.8 Å². The molecule has 146 valence electrons. The van der Waals surface area contributed by atoms with Crippen LogP contribution in [0.2, 0.25) is 0 Å². The summed E-state index contributed by atoms with van der Waals surface area (Å²) >= 11 is 0. The lowest BCUT2D eigenvalue weighted by Crippen LogP contribution is -2.38. The number of aliphatic hydroxyl groups excluding tert-OH is 1. The molecular weight excluding hydrogens is 346 g/mol. The molecule has 3 aromatic carbocycles. The van der Waals surface area contributed by atoms with Crippen molar-refractivity contribution >= 4 is 22.4 Å². The minimum absolute atomic E-state index is 0.0113. The summed E-state index contributed by atoms with van der Waals surface area (Å²) in [7, 11) is 0. The summed E-state index contributed by atoms with van der Waals surface area (Å²) in [5, 5.41) is 13.4. The molecule has 0 aliphatic heterocycles. The van der Waals surface area contributed by atoms with Gasteiger partial charge in [-0.2, -0.15) is 0 Å². The molecule has 3 heteroatoms. The fourth-order valence-corrected chi connectivity index (χ4v) is 3.74. The molecule has 0 saturated carbocycles. The van der Waals surface area contributed by atoms with Crippen LogP contribution in [0, 0.1) is 5.92 Å². The molecule has 3 aromatic rings. The number of rotatable bonds is 8. The molecule has 0 saturated heterocycles. The monoisotopic (exact) mass is 375 g/mol. The van der Waals surface area contributed by atoms with Gasteiger partial charge in [0.25, 0.3) is 0 Å². The molecule has 1 N–H and O–H groups in total. The molecule has 0 bridgehead atoms. The van der Waals surface area contributed by atoms with Gasteiger partial charge in [0.15, 0.2) is 0 Å². The Morgan fingerprint density at radius 3 is 2.29 bits per heavy atom. The van der Waals surface area contributed by atoms with Crippen molar-refractivity contribution in [1.82, 2.24) is 0 Å². The maximum absolute atomic E-state index is 13.4. The molecule has 28 heavy (non-hydrogen) atoms. The molecule has 0 aliphatic carbocycles. The van der Waals surface area contributed by atoms with Gasteiger partial charge in [0.05, 0.1) is 12.0 Å². The Balaban J connectivity index is 1.91. The first-order chi connectivity index (χ1) is 13.7. The number of amides is 1. The van der Waals surface area contributed by atoms with Crippen LogP contribution in [-0.4, -0.2) is 17.6 Å². The second-order valence-corrected chi connectivity index (χ2v) is 7.22. The number of para-hydroxylation sites is 1. The number of nitrogens with zero attached hydrogens (tertiary/aromatic N) is 1. The second-order valence-electron chi connectivity index (χ2n) is 7.22. The number of fused-ring (bicyclic) bond motifs is 1. The van der Waals surface area contributed by atoms with E-state index in [2.05, 4.69) is 13.0 Å². The van der Waals surface area contributed by atoms with Crippen molar-refractivity contribution in [2.24, 2.45) is 5.92 Å². The van der Waals surface area contributed by atoms with E-state index in [0.29, 0.717) is 13.0 Å². The number of carbonyl (C=O) groups excluding carboxylic acids is 1. The Labute approximate surface area is 167 Å². The first-order valence-electron chi connectivity index (χ1n) is 10.2. The highest BCUT2D eigenvalue weighted by Crippen LogP contribution is 2.31. The van der Waals surface area contributed by atoms with E-state index >= 15 is 0 Å². The SMILES string of the molecule is CCCC[C@@H](C(=O)N(CC)c1ccccc1)[C@H](O)c1ccc2ccccc2c1. The number of aliphatic hydroxyl groups is 1. The highest BCUT2D eigenvalue weighted by Gasteiger charge is 2.31. The van der Waals surface area contributed by atoms with Crippen LogP contribution < -0.4 is 4.90 Å². The summed E-state index contributed by atoms with van der Waals surface area (Å²) in [5.41, 5.74) is 1.68. The van der Waals surface area contributed by atoms with Crippen molar-refractivity contribution in [2.45, 2.75) is 39.2 Å². The van der Waals surface area contributed by atoms with Gasteiger partial charge in [0.2, 0.25) is 5.91 Å². The van der Waals surface area contributed by atoms with Crippen LogP contribution in [0.3, 0.4) is 0 Å². The average Bonchev–Trinajstić information content (AvgIpc) is 2.75. The maximum Gasteiger partial charge on any atom is 0.233 e. The van der Waals surface area contributed by atoms with E-state index in [0.717, 1.165) is 34.9 Å². The summed E-state index contributed by atoms with van der Waals surface area (Å²) in [6.07, 6.45) is 1.76. The van der Waals surface area contributed by atoms with Gasteiger partial charge in [-0.1, -0.05) is 74.4 Å². The Kier molecular flexibility index (Phi) is 6.83. The molecule has 0 heterocycles. The van der Waals surface area contributed by atoms with Crippen LogP contribution in [0.5, 0.6) is 0 Å². The maximum atomic E-state index is 13.4. The highest BCUT2D eigenvalue weighted by molar-refractivity contribution is 5.95. The van der Waals surface area contributed by atoms with Crippen LogP contribution in [0.4, 0.5) is 5.69 Å². The average molecular weight is 376 g/mol. The van der Waals surface area contributed by atoms with Crippen molar-refractivity contribution in [3.05, 3.63) is 78.4 Å². The zero-order chi connectivity index (χ0) is 19.9. The topological polar surface area (TPSA) is 40.5 Å². The van der Waals surface area contributed by atoms with E-state index in [1.54, 1.807) is 4.90 Å². The fraction of sp³-hybridized carbons (Fsp3) is 0.320. The van der Waals surface area contributed by atoms with Crippen molar-refractivity contribution in [1.29, 1.82) is 0 Å². The van der Waals surface area contributed by atoms with Gasteiger partial charge in [0, 0.05) is 12.2 Å². The number of hydrogen-bond acceptors (Lipinski definition) is 2. The summed E-state index contributed by atoms with van der Waals surface area (Å²) in [6.45, 7) is 4.67. The summed E-state index contributed by atoms with van der Waals surface area (Å²) in [4.78, 5) is 15.2. The molecule has 0 unspecified atom stereocenters. The molecule has 0 radical (unpaired) electrons. The van der Waals surface area contributed by atoms with Crippen molar-refractivity contribution < 1.29 is 9.90 Å². The van der Waals surface area contributed by atoms with Crippen LogP contribution in [0.1, 0.15) is 44.8 Å². The molecule has 0 aliphatic rings. The zero-order valence-corrected chi connectivity index (χ0v) is 16.7. The Hall–Kier alpha value is -2.65. The lowest BCUT2D eigenvalue weighted by atomic mass is 9.88. The molecule has 0 aromatic heterocycles. The van der Waals surface area contributed by atoms with Gasteiger partial charge >= 0.3 is 0 Å². The van der Waals surface area contributed by atoms with Gasteiger partial charge in [-0.05, 0) is 47.9 Å². The molecule has 2 atom stereocenters. The van der Waals surface area contributed by atoms with Gasteiger partial charge < -0.3 is 10.0 Å². The molecule has 0 fully saturated rings. The van der Waals surface area contributed by atoms with Crippen molar-refractivity contribution in [3.8, 4) is 0 Å². The van der Waals surface area contributed by atoms with Crippen LogP contribution >= 0.6 is 0 Å². The lowest BCUT2D eigenvalue weighted by Gasteiger charge is -2.29. The third-order valence-corrected chi connectivity index (χ3v) is 5.33. The summed E-state index contributed by atoms with van der Waals surface area (Å²) in [6, 6.07) is 23.8. The first kappa shape index (κ1) is 20.1. The van der Waals surface area contributed by atoms with Crippen LogP contribution in [-0.2, 0) is 4.79 Å². The number of benzene rings is 3. The quantitative estimate of drug-likeness (QED) is 0.546. The smallest absolute Gasteiger partial charge is 0.233 e. The normalized spacial score (nSPS) is 13.2. The number of carbonyl (C=O) groups is 1. The minimum atomic E-state index is -0.818. The zero-order valence-electron chi connectivity index (χ0n) is 16.7. The van der Waals surface area contributed by atoms with Gasteiger partial charge in [-0.15, -0.1) is 0 Å². The Morgan fingerprint density at radius 2 is 1.61 bits per heavy atom. The standard InChI is InChI=1S/C25H29NO2/c1-3-5-15-23(25(28)26(4-2)22-13-7-6-8-14-22)24(27)21-17-16-19-11-9-10-12-20(19)18-21/h6-14,16-18,23-24,27H,3-5,15H2,1-2H3/t23-,24-/m1/s1. The molecule has 3 rings (SSSR count). The van der Waals surface area contributed by atoms with Gasteiger partial charge in [0.1, 0.15) is 0 Å². The van der Waals surface area contributed by atoms with E-state index in [1.807, 2.05) is 73.7 Å². The third kappa shape index (κ3) is 4.42. The fourth-order valence-electron chi connectivity index (χ4n) is 3.74. The van der Waals surface area contributed by atoms with E-state index in [9.17, 15) is 9.90 Å². The number of hydrogen-bond donors (Lipinski definition) is 1. The molecule has 0 spiro atoms.